The third-order valence-corrected chi connectivity index (χ3v) is 5.13. The molecule has 1 N–H and O–H groups in total. The molecule has 0 spiro atoms. The van der Waals surface area contributed by atoms with E-state index >= 15 is 0 Å². The molecule has 3 atom stereocenters. The van der Waals surface area contributed by atoms with Crippen LogP contribution in [0.3, 0.4) is 0 Å². The van der Waals surface area contributed by atoms with E-state index in [0.29, 0.717) is 18.0 Å². The minimum absolute atomic E-state index is 0.359. The number of nitrogens with one attached hydrogen (secondary N) is 1. The summed E-state index contributed by atoms with van der Waals surface area (Å²) in [5.41, 5.74) is 1.28. The van der Waals surface area contributed by atoms with Crippen molar-refractivity contribution in [3.05, 3.63) is 51.7 Å². The first-order chi connectivity index (χ1) is 9.65. The summed E-state index contributed by atoms with van der Waals surface area (Å²) in [6.07, 6.45) is 0. The highest BCUT2D eigenvalue weighted by Crippen LogP contribution is 2.37. The SMILES string of the molecule is Cc1ccc(C(C)NC2c3ccccc3OCC2C)s1. The molecule has 3 heteroatoms. The Morgan fingerprint density at radius 3 is 2.80 bits per heavy atom. The quantitative estimate of drug-likeness (QED) is 0.899. The van der Waals surface area contributed by atoms with E-state index in [1.54, 1.807) is 0 Å². The van der Waals surface area contributed by atoms with Gasteiger partial charge >= 0.3 is 0 Å². The molecule has 2 aromatic rings. The van der Waals surface area contributed by atoms with Crippen LogP contribution in [0.5, 0.6) is 5.75 Å². The lowest BCUT2D eigenvalue weighted by Crippen LogP contribution is -2.35. The second kappa shape index (κ2) is 5.58. The van der Waals surface area contributed by atoms with Gasteiger partial charge in [0.1, 0.15) is 5.75 Å². The van der Waals surface area contributed by atoms with Crippen LogP contribution in [0.1, 0.15) is 41.2 Å². The van der Waals surface area contributed by atoms with E-state index in [1.165, 1.54) is 15.3 Å². The van der Waals surface area contributed by atoms with Crippen LogP contribution >= 0.6 is 11.3 Å². The van der Waals surface area contributed by atoms with Crippen molar-refractivity contribution in [2.24, 2.45) is 5.92 Å². The standard InChI is InChI=1S/C17H21NOS/c1-11-10-19-15-7-5-4-6-14(15)17(11)18-13(3)16-9-8-12(2)20-16/h4-9,11,13,17-18H,10H2,1-3H3. The summed E-state index contributed by atoms with van der Waals surface area (Å²) in [4.78, 5) is 2.77. The van der Waals surface area contributed by atoms with E-state index in [2.05, 4.69) is 56.4 Å². The average Bonchev–Trinajstić information content (AvgIpc) is 2.89. The summed E-state index contributed by atoms with van der Waals surface area (Å²) in [7, 11) is 0. The Bertz CT molecular complexity index is 592. The van der Waals surface area contributed by atoms with Gasteiger partial charge in [0.15, 0.2) is 0 Å². The van der Waals surface area contributed by atoms with Crippen molar-refractivity contribution in [1.29, 1.82) is 0 Å². The number of ether oxygens (including phenoxy) is 1. The fourth-order valence-corrected chi connectivity index (χ4v) is 3.67. The van der Waals surface area contributed by atoms with Gasteiger partial charge < -0.3 is 10.1 Å². The molecule has 3 unspecified atom stereocenters. The summed E-state index contributed by atoms with van der Waals surface area (Å²) < 4.78 is 5.82. The lowest BCUT2D eigenvalue weighted by molar-refractivity contribution is 0.182. The second-order valence-electron chi connectivity index (χ2n) is 5.64. The Kier molecular flexibility index (Phi) is 3.81. The van der Waals surface area contributed by atoms with Crippen molar-refractivity contribution in [3.8, 4) is 5.75 Å². The first-order valence-corrected chi connectivity index (χ1v) is 8.01. The number of thiophene rings is 1. The maximum Gasteiger partial charge on any atom is 0.124 e. The predicted molar refractivity (Wildman–Crippen MR) is 84.4 cm³/mol. The highest BCUT2D eigenvalue weighted by molar-refractivity contribution is 7.12. The van der Waals surface area contributed by atoms with Crippen LogP contribution < -0.4 is 10.1 Å². The molecule has 3 rings (SSSR count). The normalized spacial score (nSPS) is 22.9. The van der Waals surface area contributed by atoms with Gasteiger partial charge in [0.25, 0.3) is 0 Å². The van der Waals surface area contributed by atoms with Gasteiger partial charge in [-0.3, -0.25) is 0 Å². The molecule has 0 fully saturated rings. The molecule has 0 saturated carbocycles. The highest BCUT2D eigenvalue weighted by atomic mass is 32.1. The second-order valence-corrected chi connectivity index (χ2v) is 6.96. The van der Waals surface area contributed by atoms with Crippen molar-refractivity contribution >= 4 is 11.3 Å². The van der Waals surface area contributed by atoms with Gasteiger partial charge in [-0.25, -0.2) is 0 Å². The van der Waals surface area contributed by atoms with Gasteiger partial charge in [-0.05, 0) is 32.0 Å². The molecule has 0 bridgehead atoms. The van der Waals surface area contributed by atoms with E-state index in [1.807, 2.05) is 17.4 Å². The molecule has 106 valence electrons. The largest absolute Gasteiger partial charge is 0.493 e. The smallest absolute Gasteiger partial charge is 0.124 e. The number of hydrogen-bond donors (Lipinski definition) is 1. The Hall–Kier alpha value is -1.32. The molecule has 1 aromatic carbocycles. The van der Waals surface area contributed by atoms with Gasteiger partial charge in [0.2, 0.25) is 0 Å². The molecular weight excluding hydrogens is 266 g/mol. The number of aryl methyl sites for hydroxylation is 1. The Balaban J connectivity index is 1.83. The fourth-order valence-electron chi connectivity index (χ4n) is 2.78. The lowest BCUT2D eigenvalue weighted by Gasteiger charge is -2.34. The molecule has 1 aliphatic rings. The monoisotopic (exact) mass is 287 g/mol. The Morgan fingerprint density at radius 2 is 2.05 bits per heavy atom. The highest BCUT2D eigenvalue weighted by Gasteiger charge is 2.28. The van der Waals surface area contributed by atoms with E-state index in [4.69, 9.17) is 4.74 Å². The number of rotatable bonds is 3. The Morgan fingerprint density at radius 1 is 1.25 bits per heavy atom. The zero-order chi connectivity index (χ0) is 14.1. The number of para-hydroxylation sites is 1. The summed E-state index contributed by atoms with van der Waals surface area (Å²) >= 11 is 1.87. The number of hydrogen-bond acceptors (Lipinski definition) is 3. The van der Waals surface area contributed by atoms with Crippen molar-refractivity contribution < 1.29 is 4.74 Å². The van der Waals surface area contributed by atoms with Gasteiger partial charge in [-0.1, -0.05) is 25.1 Å². The molecule has 2 nitrogen and oxygen atoms in total. The minimum atomic E-state index is 0.359. The number of fused-ring (bicyclic) bond motifs is 1. The van der Waals surface area contributed by atoms with Crippen LogP contribution in [0, 0.1) is 12.8 Å². The average molecular weight is 287 g/mol. The predicted octanol–water partition coefficient (Wildman–Crippen LogP) is 4.48. The first-order valence-electron chi connectivity index (χ1n) is 7.19. The summed E-state index contributed by atoms with van der Waals surface area (Å²) in [6.45, 7) is 7.44. The summed E-state index contributed by atoms with van der Waals surface area (Å²) in [5.74, 6) is 1.51. The lowest BCUT2D eigenvalue weighted by atomic mass is 9.91. The van der Waals surface area contributed by atoms with Gasteiger partial charge in [0, 0.05) is 33.3 Å². The topological polar surface area (TPSA) is 21.3 Å². The maximum absolute atomic E-state index is 5.82. The molecule has 0 amide bonds. The fraction of sp³-hybridized carbons (Fsp3) is 0.412. The molecule has 1 aliphatic heterocycles. The summed E-state index contributed by atoms with van der Waals surface area (Å²) in [6, 6.07) is 13.5. The third kappa shape index (κ3) is 2.60. The molecule has 20 heavy (non-hydrogen) atoms. The van der Waals surface area contributed by atoms with Crippen LogP contribution in [-0.4, -0.2) is 6.61 Å². The molecule has 0 aliphatic carbocycles. The Labute approximate surface area is 124 Å². The summed E-state index contributed by atoms with van der Waals surface area (Å²) in [5, 5.41) is 3.78. The van der Waals surface area contributed by atoms with Gasteiger partial charge in [-0.15, -0.1) is 11.3 Å². The maximum atomic E-state index is 5.82. The zero-order valence-corrected chi connectivity index (χ0v) is 13.0. The van der Waals surface area contributed by atoms with Crippen molar-refractivity contribution in [3.63, 3.8) is 0 Å². The van der Waals surface area contributed by atoms with E-state index in [9.17, 15) is 0 Å². The number of benzene rings is 1. The zero-order valence-electron chi connectivity index (χ0n) is 12.2. The minimum Gasteiger partial charge on any atom is -0.493 e. The van der Waals surface area contributed by atoms with Crippen LogP contribution in [-0.2, 0) is 0 Å². The van der Waals surface area contributed by atoms with Crippen molar-refractivity contribution in [2.45, 2.75) is 32.9 Å². The van der Waals surface area contributed by atoms with Gasteiger partial charge in [-0.2, -0.15) is 0 Å². The van der Waals surface area contributed by atoms with Crippen molar-refractivity contribution in [2.75, 3.05) is 6.61 Å². The van der Waals surface area contributed by atoms with Crippen LogP contribution in [0.2, 0.25) is 0 Å². The van der Waals surface area contributed by atoms with Crippen LogP contribution in [0.15, 0.2) is 36.4 Å². The molecular formula is C17H21NOS. The first kappa shape index (κ1) is 13.7. The van der Waals surface area contributed by atoms with Crippen LogP contribution in [0.25, 0.3) is 0 Å². The van der Waals surface area contributed by atoms with E-state index in [0.717, 1.165) is 12.4 Å². The van der Waals surface area contributed by atoms with E-state index in [-0.39, 0.29) is 0 Å². The van der Waals surface area contributed by atoms with Crippen molar-refractivity contribution in [1.82, 2.24) is 5.32 Å². The van der Waals surface area contributed by atoms with Crippen LogP contribution in [0.4, 0.5) is 0 Å². The van der Waals surface area contributed by atoms with E-state index < -0.39 is 0 Å². The van der Waals surface area contributed by atoms with Gasteiger partial charge in [0.05, 0.1) is 6.61 Å². The molecule has 0 saturated heterocycles. The molecule has 1 aromatic heterocycles. The molecule has 0 radical (unpaired) electrons. The third-order valence-electron chi connectivity index (χ3n) is 3.94. The molecule has 2 heterocycles.